The van der Waals surface area contributed by atoms with E-state index in [1.54, 1.807) is 7.11 Å². The van der Waals surface area contributed by atoms with Gasteiger partial charge in [0.2, 0.25) is 0 Å². The molecule has 0 saturated heterocycles. The summed E-state index contributed by atoms with van der Waals surface area (Å²) in [5, 5.41) is 4.12. The number of fused-ring (bicyclic) bond motifs is 1. The minimum atomic E-state index is 0.454. The highest BCUT2D eigenvalue weighted by Crippen LogP contribution is 2.41. The molecule has 1 N–H and O–H groups in total. The highest BCUT2D eigenvalue weighted by atomic mass is 35.5. The average Bonchev–Trinajstić information content (AvgIpc) is 2.90. The Hall–Kier alpha value is -1.51. The van der Waals surface area contributed by atoms with E-state index in [-0.39, 0.29) is 0 Å². The van der Waals surface area contributed by atoms with Crippen LogP contribution in [0.5, 0.6) is 5.75 Å². The summed E-state index contributed by atoms with van der Waals surface area (Å²) in [6, 6.07) is 12.7. The predicted molar refractivity (Wildman–Crippen MR) is 83.6 cm³/mol. The second kappa shape index (κ2) is 5.47. The van der Waals surface area contributed by atoms with Crippen LogP contribution in [0.15, 0.2) is 36.4 Å². The zero-order valence-electron chi connectivity index (χ0n) is 11.7. The van der Waals surface area contributed by atoms with Gasteiger partial charge in [-0.05, 0) is 54.8 Å². The number of benzene rings is 2. The third-order valence-electron chi connectivity index (χ3n) is 4.07. The van der Waals surface area contributed by atoms with Crippen LogP contribution in [0, 0.1) is 0 Å². The Balaban J connectivity index is 2.17. The van der Waals surface area contributed by atoms with Crippen LogP contribution in [0.1, 0.15) is 23.6 Å². The Morgan fingerprint density at radius 1 is 1.20 bits per heavy atom. The standard InChI is InChI=1S/C17H18ClNO/c1-19-16-8-7-13-12(4-3-5-14(13)16)15-10-11(18)6-9-17(15)20-2/h3-6,9-10,16,19H,7-8H2,1-2H3. The SMILES string of the molecule is CNC1CCc2c(-c3cc(Cl)ccc3OC)cccc21. The van der Waals surface area contributed by atoms with E-state index in [2.05, 4.69) is 23.5 Å². The van der Waals surface area contributed by atoms with Crippen molar-refractivity contribution in [2.75, 3.05) is 14.2 Å². The fraction of sp³-hybridized carbons (Fsp3) is 0.294. The summed E-state index contributed by atoms with van der Waals surface area (Å²) in [6.07, 6.45) is 2.23. The van der Waals surface area contributed by atoms with Crippen molar-refractivity contribution in [2.45, 2.75) is 18.9 Å². The van der Waals surface area contributed by atoms with Crippen LogP contribution in [0.4, 0.5) is 0 Å². The van der Waals surface area contributed by atoms with Crippen LogP contribution >= 0.6 is 11.6 Å². The van der Waals surface area contributed by atoms with Crippen LogP contribution in [0.25, 0.3) is 11.1 Å². The van der Waals surface area contributed by atoms with Crippen molar-refractivity contribution in [1.29, 1.82) is 0 Å². The molecule has 1 aliphatic carbocycles. The molecule has 2 aromatic carbocycles. The number of nitrogens with one attached hydrogen (secondary N) is 1. The molecule has 0 heterocycles. The second-order valence-corrected chi connectivity index (χ2v) is 5.53. The maximum absolute atomic E-state index is 6.16. The van der Waals surface area contributed by atoms with Crippen molar-refractivity contribution in [3.63, 3.8) is 0 Å². The van der Waals surface area contributed by atoms with E-state index >= 15 is 0 Å². The predicted octanol–water partition coefficient (Wildman–Crippen LogP) is 4.22. The minimum Gasteiger partial charge on any atom is -0.496 e. The van der Waals surface area contributed by atoms with Gasteiger partial charge in [-0.1, -0.05) is 29.8 Å². The van der Waals surface area contributed by atoms with Crippen molar-refractivity contribution in [1.82, 2.24) is 5.32 Å². The third kappa shape index (κ3) is 2.19. The lowest BCUT2D eigenvalue weighted by Gasteiger charge is -2.14. The summed E-state index contributed by atoms with van der Waals surface area (Å²) in [5.41, 5.74) is 5.12. The number of ether oxygens (including phenoxy) is 1. The molecule has 1 atom stereocenters. The quantitative estimate of drug-likeness (QED) is 0.912. The lowest BCUT2D eigenvalue weighted by Crippen LogP contribution is -2.12. The first-order chi connectivity index (χ1) is 9.74. The van der Waals surface area contributed by atoms with E-state index in [0.717, 1.165) is 29.2 Å². The lowest BCUT2D eigenvalue weighted by atomic mass is 9.96. The molecule has 0 bridgehead atoms. The van der Waals surface area contributed by atoms with Gasteiger partial charge in [0.25, 0.3) is 0 Å². The van der Waals surface area contributed by atoms with E-state index in [0.29, 0.717) is 6.04 Å². The summed E-state index contributed by atoms with van der Waals surface area (Å²) in [5.74, 6) is 0.871. The van der Waals surface area contributed by atoms with Gasteiger partial charge in [0, 0.05) is 16.6 Å². The number of rotatable bonds is 3. The Labute approximate surface area is 124 Å². The van der Waals surface area contributed by atoms with Gasteiger partial charge in [0.1, 0.15) is 5.75 Å². The monoisotopic (exact) mass is 287 g/mol. The maximum atomic E-state index is 6.16. The van der Waals surface area contributed by atoms with Gasteiger partial charge < -0.3 is 10.1 Å². The van der Waals surface area contributed by atoms with Crippen LogP contribution in [0.3, 0.4) is 0 Å². The molecule has 104 valence electrons. The number of halogens is 1. The molecule has 3 rings (SSSR count). The van der Waals surface area contributed by atoms with Gasteiger partial charge >= 0.3 is 0 Å². The van der Waals surface area contributed by atoms with Crippen molar-refractivity contribution in [2.24, 2.45) is 0 Å². The van der Waals surface area contributed by atoms with E-state index < -0.39 is 0 Å². The molecule has 0 radical (unpaired) electrons. The minimum absolute atomic E-state index is 0.454. The van der Waals surface area contributed by atoms with Gasteiger partial charge in [-0.25, -0.2) is 0 Å². The normalized spacial score (nSPS) is 17.1. The molecular formula is C17H18ClNO. The molecule has 0 fully saturated rings. The van der Waals surface area contributed by atoms with Gasteiger partial charge in [-0.3, -0.25) is 0 Å². The van der Waals surface area contributed by atoms with Crippen molar-refractivity contribution in [3.8, 4) is 16.9 Å². The number of hydrogen-bond donors (Lipinski definition) is 1. The number of methoxy groups -OCH3 is 1. The van der Waals surface area contributed by atoms with Gasteiger partial charge in [0.05, 0.1) is 7.11 Å². The summed E-state index contributed by atoms with van der Waals surface area (Å²) < 4.78 is 5.49. The fourth-order valence-corrected chi connectivity index (χ4v) is 3.27. The van der Waals surface area contributed by atoms with Crippen LogP contribution in [-0.2, 0) is 6.42 Å². The fourth-order valence-electron chi connectivity index (χ4n) is 3.10. The van der Waals surface area contributed by atoms with Crippen molar-refractivity contribution in [3.05, 3.63) is 52.5 Å². The zero-order valence-corrected chi connectivity index (χ0v) is 12.5. The van der Waals surface area contributed by atoms with Crippen LogP contribution in [0.2, 0.25) is 5.02 Å². The topological polar surface area (TPSA) is 21.3 Å². The highest BCUT2D eigenvalue weighted by Gasteiger charge is 2.24. The summed E-state index contributed by atoms with van der Waals surface area (Å²) >= 11 is 6.16. The molecule has 0 amide bonds. The highest BCUT2D eigenvalue weighted by molar-refractivity contribution is 6.31. The van der Waals surface area contributed by atoms with E-state index in [4.69, 9.17) is 16.3 Å². The largest absolute Gasteiger partial charge is 0.496 e. The Morgan fingerprint density at radius 3 is 2.80 bits per heavy atom. The first-order valence-corrected chi connectivity index (χ1v) is 7.25. The molecule has 0 spiro atoms. The first-order valence-electron chi connectivity index (χ1n) is 6.87. The molecule has 0 aromatic heterocycles. The molecule has 20 heavy (non-hydrogen) atoms. The van der Waals surface area contributed by atoms with Crippen molar-refractivity contribution < 1.29 is 4.74 Å². The van der Waals surface area contributed by atoms with Gasteiger partial charge in [0.15, 0.2) is 0 Å². The van der Waals surface area contributed by atoms with Crippen LogP contribution < -0.4 is 10.1 Å². The van der Waals surface area contributed by atoms with Gasteiger partial charge in [-0.2, -0.15) is 0 Å². The van der Waals surface area contributed by atoms with Crippen LogP contribution in [-0.4, -0.2) is 14.2 Å². The molecule has 1 unspecified atom stereocenters. The molecule has 2 aromatic rings. The maximum Gasteiger partial charge on any atom is 0.126 e. The Kier molecular flexibility index (Phi) is 3.68. The summed E-state index contributed by atoms with van der Waals surface area (Å²) in [7, 11) is 3.72. The smallest absolute Gasteiger partial charge is 0.126 e. The molecule has 0 aliphatic heterocycles. The van der Waals surface area contributed by atoms with E-state index in [9.17, 15) is 0 Å². The molecule has 0 saturated carbocycles. The second-order valence-electron chi connectivity index (χ2n) is 5.10. The molecule has 3 heteroatoms. The lowest BCUT2D eigenvalue weighted by molar-refractivity contribution is 0.416. The Bertz CT molecular complexity index is 639. The molecule has 2 nitrogen and oxygen atoms in total. The number of hydrogen-bond acceptors (Lipinski definition) is 2. The summed E-state index contributed by atoms with van der Waals surface area (Å²) in [6.45, 7) is 0. The molecular weight excluding hydrogens is 270 g/mol. The van der Waals surface area contributed by atoms with Crippen molar-refractivity contribution >= 4 is 11.6 Å². The third-order valence-corrected chi connectivity index (χ3v) is 4.31. The average molecular weight is 288 g/mol. The zero-order chi connectivity index (χ0) is 14.1. The Morgan fingerprint density at radius 2 is 2.05 bits per heavy atom. The van der Waals surface area contributed by atoms with E-state index in [1.807, 2.05) is 25.2 Å². The molecule has 1 aliphatic rings. The van der Waals surface area contributed by atoms with Gasteiger partial charge in [-0.15, -0.1) is 0 Å². The first kappa shape index (κ1) is 13.5. The van der Waals surface area contributed by atoms with E-state index in [1.165, 1.54) is 16.7 Å². The summed E-state index contributed by atoms with van der Waals surface area (Å²) in [4.78, 5) is 0.